The summed E-state index contributed by atoms with van der Waals surface area (Å²) >= 11 is 1.80. The maximum absolute atomic E-state index is 12.5. The molecule has 0 unspecified atom stereocenters. The Balaban J connectivity index is 1.39. The van der Waals surface area contributed by atoms with Crippen molar-refractivity contribution >= 4 is 23.2 Å². The molecule has 2 aliphatic rings. The van der Waals surface area contributed by atoms with E-state index in [1.54, 1.807) is 18.4 Å². The van der Waals surface area contributed by atoms with Crippen LogP contribution in [0, 0.1) is 0 Å². The third kappa shape index (κ3) is 5.46. The molecule has 0 aliphatic carbocycles. The van der Waals surface area contributed by atoms with Crippen LogP contribution in [0.4, 0.5) is 0 Å². The van der Waals surface area contributed by atoms with Gasteiger partial charge in [0.05, 0.1) is 13.2 Å². The number of carbonyl (C=O) groups is 1. The number of thiophene rings is 1. The second-order valence-electron chi connectivity index (χ2n) is 7.95. The van der Waals surface area contributed by atoms with Crippen LogP contribution >= 0.6 is 11.3 Å². The lowest BCUT2D eigenvalue weighted by Crippen LogP contribution is -2.56. The van der Waals surface area contributed by atoms with E-state index in [1.807, 2.05) is 4.90 Å². The summed E-state index contributed by atoms with van der Waals surface area (Å²) in [6.07, 6.45) is 1.46. The molecule has 0 bridgehead atoms. The second-order valence-corrected chi connectivity index (χ2v) is 8.95. The first-order chi connectivity index (χ1) is 13.5. The molecule has 2 N–H and O–H groups in total. The molecule has 1 aromatic heterocycles. The minimum absolute atomic E-state index is 0.0171. The van der Waals surface area contributed by atoms with Crippen LogP contribution in [0.25, 0.3) is 0 Å². The van der Waals surface area contributed by atoms with E-state index in [9.17, 15) is 4.79 Å². The van der Waals surface area contributed by atoms with E-state index in [0.29, 0.717) is 13.0 Å². The van der Waals surface area contributed by atoms with Gasteiger partial charge in [-0.15, -0.1) is 11.3 Å². The summed E-state index contributed by atoms with van der Waals surface area (Å²) in [5.41, 5.74) is 1.32. The zero-order valence-corrected chi connectivity index (χ0v) is 18.1. The molecule has 1 fully saturated rings. The Morgan fingerprint density at radius 1 is 1.29 bits per heavy atom. The zero-order valence-electron chi connectivity index (χ0n) is 17.3. The largest absolute Gasteiger partial charge is 0.379 e. The van der Waals surface area contributed by atoms with Gasteiger partial charge in [0.2, 0.25) is 5.91 Å². The van der Waals surface area contributed by atoms with Crippen LogP contribution in [0.2, 0.25) is 0 Å². The molecule has 2 aliphatic heterocycles. The van der Waals surface area contributed by atoms with E-state index in [-0.39, 0.29) is 11.4 Å². The average molecular weight is 408 g/mol. The van der Waals surface area contributed by atoms with Crippen LogP contribution in [-0.2, 0) is 22.5 Å². The van der Waals surface area contributed by atoms with Crippen LogP contribution in [0.15, 0.2) is 16.4 Å². The van der Waals surface area contributed by atoms with Crippen molar-refractivity contribution in [2.75, 3.05) is 53.0 Å². The first kappa shape index (κ1) is 21.1. The minimum atomic E-state index is 0.0171. The van der Waals surface area contributed by atoms with Crippen molar-refractivity contribution in [3.8, 4) is 0 Å². The van der Waals surface area contributed by atoms with Crippen molar-refractivity contribution in [2.45, 2.75) is 38.8 Å². The van der Waals surface area contributed by atoms with Gasteiger partial charge in [-0.25, -0.2) is 0 Å². The topological polar surface area (TPSA) is 69.2 Å². The van der Waals surface area contributed by atoms with Crippen LogP contribution in [0.3, 0.4) is 0 Å². The van der Waals surface area contributed by atoms with E-state index < -0.39 is 0 Å². The lowest BCUT2D eigenvalue weighted by Gasteiger charge is -2.41. The van der Waals surface area contributed by atoms with Crippen LogP contribution in [-0.4, -0.2) is 80.2 Å². The monoisotopic (exact) mass is 407 g/mol. The van der Waals surface area contributed by atoms with Crippen molar-refractivity contribution in [1.29, 1.82) is 0 Å². The van der Waals surface area contributed by atoms with Crippen LogP contribution < -0.4 is 10.6 Å². The number of hydrogen-bond acceptors (Lipinski definition) is 5. The Hall–Kier alpha value is -1.64. The molecule has 3 heterocycles. The van der Waals surface area contributed by atoms with E-state index in [0.717, 1.165) is 58.3 Å². The summed E-state index contributed by atoms with van der Waals surface area (Å²) in [5.74, 6) is 0.946. The van der Waals surface area contributed by atoms with Gasteiger partial charge in [-0.05, 0) is 37.3 Å². The number of guanidine groups is 1. The third-order valence-corrected chi connectivity index (χ3v) is 6.59. The molecule has 156 valence electrons. The zero-order chi connectivity index (χ0) is 20.0. The highest BCUT2D eigenvalue weighted by Crippen LogP contribution is 2.24. The van der Waals surface area contributed by atoms with Gasteiger partial charge in [0.15, 0.2) is 5.96 Å². The van der Waals surface area contributed by atoms with Crippen molar-refractivity contribution < 1.29 is 9.53 Å². The summed E-state index contributed by atoms with van der Waals surface area (Å²) in [5, 5.41) is 8.80. The van der Waals surface area contributed by atoms with Crippen molar-refractivity contribution in [3.05, 3.63) is 21.9 Å². The fraction of sp³-hybridized carbons (Fsp3) is 0.700. The first-order valence-corrected chi connectivity index (χ1v) is 11.0. The van der Waals surface area contributed by atoms with Crippen molar-refractivity contribution in [1.82, 2.24) is 20.4 Å². The number of morpholine rings is 1. The molecule has 0 saturated carbocycles. The smallest absolute Gasteiger partial charge is 0.224 e. The van der Waals surface area contributed by atoms with Gasteiger partial charge >= 0.3 is 0 Å². The van der Waals surface area contributed by atoms with E-state index in [4.69, 9.17) is 4.74 Å². The number of nitrogens with zero attached hydrogens (tertiary/aromatic N) is 3. The molecule has 7 nitrogen and oxygen atoms in total. The molecular weight excluding hydrogens is 374 g/mol. The van der Waals surface area contributed by atoms with Gasteiger partial charge in [-0.3, -0.25) is 14.7 Å². The normalized spacial score (nSPS) is 18.7. The summed E-state index contributed by atoms with van der Waals surface area (Å²) < 4.78 is 5.45. The highest BCUT2D eigenvalue weighted by Gasteiger charge is 2.28. The second kappa shape index (κ2) is 9.71. The van der Waals surface area contributed by atoms with Crippen LogP contribution in [0.5, 0.6) is 0 Å². The maximum atomic E-state index is 12.5. The summed E-state index contributed by atoms with van der Waals surface area (Å²) in [7, 11) is 1.77. The van der Waals surface area contributed by atoms with Gasteiger partial charge in [0.25, 0.3) is 0 Å². The Morgan fingerprint density at radius 2 is 2.07 bits per heavy atom. The number of nitrogens with one attached hydrogen (secondary N) is 2. The number of ether oxygens (including phenoxy) is 1. The molecule has 8 heteroatoms. The molecule has 0 spiro atoms. The lowest BCUT2D eigenvalue weighted by molar-refractivity contribution is -0.131. The molecule has 0 atom stereocenters. The standard InChI is InChI=1S/C20H33N5O2S/c1-20(2,25-9-11-27-12-10-25)15-23-19(21-3)22-7-4-18(26)24-8-5-17-16(14-24)6-13-28-17/h6,13H,4-5,7-12,14-15H2,1-3H3,(H2,21,22,23). The number of amides is 1. The average Bonchev–Trinajstić information content (AvgIpc) is 3.19. The molecule has 1 aromatic rings. The quantitative estimate of drug-likeness (QED) is 0.550. The van der Waals surface area contributed by atoms with Crippen molar-refractivity contribution in [3.63, 3.8) is 0 Å². The molecule has 0 radical (unpaired) electrons. The Bertz CT molecular complexity index is 682. The van der Waals surface area contributed by atoms with E-state index >= 15 is 0 Å². The SMILES string of the molecule is CN=C(NCCC(=O)N1CCc2sccc2C1)NCC(C)(C)N1CCOCC1. The van der Waals surface area contributed by atoms with Gasteiger partial charge in [0, 0.05) is 63.2 Å². The molecule has 28 heavy (non-hydrogen) atoms. The number of aliphatic imine (C=N–C) groups is 1. The van der Waals surface area contributed by atoms with E-state index in [2.05, 4.69) is 45.8 Å². The third-order valence-electron chi connectivity index (χ3n) is 5.57. The predicted octanol–water partition coefficient (Wildman–Crippen LogP) is 1.30. The molecule has 1 amide bonds. The van der Waals surface area contributed by atoms with Crippen LogP contribution in [0.1, 0.15) is 30.7 Å². The Kier molecular flexibility index (Phi) is 7.31. The highest BCUT2D eigenvalue weighted by atomic mass is 32.1. The van der Waals surface area contributed by atoms with Gasteiger partial charge < -0.3 is 20.3 Å². The summed E-state index contributed by atoms with van der Waals surface area (Å²) in [6.45, 7) is 10.9. The summed E-state index contributed by atoms with van der Waals surface area (Å²) in [6, 6.07) is 2.14. The number of rotatable bonds is 6. The maximum Gasteiger partial charge on any atom is 0.224 e. The molecular formula is C20H33N5O2S. The predicted molar refractivity (Wildman–Crippen MR) is 114 cm³/mol. The minimum Gasteiger partial charge on any atom is -0.379 e. The van der Waals surface area contributed by atoms with Gasteiger partial charge in [-0.1, -0.05) is 0 Å². The Morgan fingerprint density at radius 3 is 2.82 bits per heavy atom. The number of fused-ring (bicyclic) bond motifs is 1. The van der Waals surface area contributed by atoms with Crippen molar-refractivity contribution in [2.24, 2.45) is 4.99 Å². The number of carbonyl (C=O) groups excluding carboxylic acids is 1. The number of hydrogen-bond donors (Lipinski definition) is 2. The Labute approximate surface area is 172 Å². The molecule has 3 rings (SSSR count). The summed E-state index contributed by atoms with van der Waals surface area (Å²) in [4.78, 5) is 22.7. The first-order valence-electron chi connectivity index (χ1n) is 10.1. The molecule has 1 saturated heterocycles. The fourth-order valence-electron chi connectivity index (χ4n) is 3.71. The van der Waals surface area contributed by atoms with E-state index in [1.165, 1.54) is 10.4 Å². The van der Waals surface area contributed by atoms with Gasteiger partial charge in [0.1, 0.15) is 0 Å². The highest BCUT2D eigenvalue weighted by molar-refractivity contribution is 7.10. The van der Waals surface area contributed by atoms with Gasteiger partial charge in [-0.2, -0.15) is 0 Å². The lowest BCUT2D eigenvalue weighted by atomic mass is 10.0. The molecule has 0 aromatic carbocycles. The fourth-order valence-corrected chi connectivity index (χ4v) is 4.60.